The summed E-state index contributed by atoms with van der Waals surface area (Å²) in [4.78, 5) is 13.0. The minimum Gasteiger partial charge on any atom is -0.355 e. The molecule has 7 nitrogen and oxygen atoms in total. The van der Waals surface area contributed by atoms with E-state index in [-0.39, 0.29) is 28.8 Å². The molecule has 1 aliphatic heterocycles. The zero-order valence-electron chi connectivity index (χ0n) is 19.9. The maximum absolute atomic E-state index is 13.6. The smallest absolute Gasteiger partial charge is 0.248 e. The number of piperidine rings is 1. The second-order valence-electron chi connectivity index (χ2n) is 8.88. The highest BCUT2D eigenvalue weighted by atomic mass is 35.5. The summed E-state index contributed by atoms with van der Waals surface area (Å²) in [5, 5.41) is 7.20. The van der Waals surface area contributed by atoms with Crippen molar-refractivity contribution in [2.75, 3.05) is 18.4 Å². The zero-order chi connectivity index (χ0) is 25.2. The van der Waals surface area contributed by atoms with Crippen LogP contribution in [0.3, 0.4) is 0 Å². The number of nitrogens with zero attached hydrogens (tertiary/aromatic N) is 2. The molecule has 1 fully saturated rings. The van der Waals surface area contributed by atoms with Gasteiger partial charge in [0.05, 0.1) is 16.6 Å². The summed E-state index contributed by atoms with van der Waals surface area (Å²) in [5.74, 6) is -0.583. The molecule has 0 aliphatic carbocycles. The predicted octanol–water partition coefficient (Wildman–Crippen LogP) is 5.46. The molecule has 1 amide bonds. The molecule has 0 saturated carbocycles. The zero-order valence-corrected chi connectivity index (χ0v) is 21.5. The molecule has 184 valence electrons. The molecule has 1 atom stereocenters. The Hall–Kier alpha value is -2.94. The van der Waals surface area contributed by atoms with Crippen LogP contribution < -0.4 is 5.32 Å². The number of aromatic nitrogens is 1. The fourth-order valence-electron chi connectivity index (χ4n) is 4.11. The first-order chi connectivity index (χ1) is 16.6. The van der Waals surface area contributed by atoms with Crippen molar-refractivity contribution in [3.05, 3.63) is 75.6 Å². The van der Waals surface area contributed by atoms with Gasteiger partial charge in [-0.15, -0.1) is 0 Å². The number of hydrogen-bond acceptors (Lipinski definition) is 5. The summed E-state index contributed by atoms with van der Waals surface area (Å²) in [5.41, 5.74) is 3.83. The van der Waals surface area contributed by atoms with Crippen molar-refractivity contribution in [1.82, 2.24) is 9.46 Å². The first kappa shape index (κ1) is 25.2. The number of carbonyl (C=O) groups is 1. The van der Waals surface area contributed by atoms with Gasteiger partial charge in [0.1, 0.15) is 5.69 Å². The molecule has 2 heterocycles. The van der Waals surface area contributed by atoms with Gasteiger partial charge in [0, 0.05) is 13.1 Å². The third-order valence-corrected chi connectivity index (χ3v) is 8.41. The van der Waals surface area contributed by atoms with E-state index in [4.69, 9.17) is 16.1 Å². The summed E-state index contributed by atoms with van der Waals surface area (Å²) in [7, 11) is -3.92. The Balaban J connectivity index is 1.53. The van der Waals surface area contributed by atoms with Crippen LogP contribution in [0.2, 0.25) is 5.02 Å². The van der Waals surface area contributed by atoms with E-state index in [9.17, 15) is 13.2 Å². The lowest BCUT2D eigenvalue weighted by molar-refractivity contribution is -0.120. The number of aryl methyl sites for hydroxylation is 3. The number of benzene rings is 2. The van der Waals surface area contributed by atoms with Gasteiger partial charge in [-0.1, -0.05) is 58.7 Å². The maximum Gasteiger partial charge on any atom is 0.248 e. The summed E-state index contributed by atoms with van der Waals surface area (Å²) in [6.45, 7) is 5.91. The molecule has 1 aliphatic rings. The van der Waals surface area contributed by atoms with Crippen molar-refractivity contribution in [3.63, 3.8) is 0 Å². The lowest BCUT2D eigenvalue weighted by atomic mass is 9.98. The largest absolute Gasteiger partial charge is 0.355 e. The number of amides is 1. The molecular formula is C26H28ClN3O4S. The van der Waals surface area contributed by atoms with Crippen molar-refractivity contribution >= 4 is 45.4 Å². The molecule has 1 unspecified atom stereocenters. The van der Waals surface area contributed by atoms with Crippen molar-refractivity contribution in [2.45, 2.75) is 38.5 Å². The van der Waals surface area contributed by atoms with Gasteiger partial charge in [-0.25, -0.2) is 8.42 Å². The lowest BCUT2D eigenvalue weighted by Gasteiger charge is -2.31. The van der Waals surface area contributed by atoms with Gasteiger partial charge < -0.3 is 9.84 Å². The highest BCUT2D eigenvalue weighted by molar-refractivity contribution is 7.89. The van der Waals surface area contributed by atoms with Crippen LogP contribution in [0.4, 0.5) is 5.69 Å². The Labute approximate surface area is 210 Å². The van der Waals surface area contributed by atoms with Crippen LogP contribution in [0.15, 0.2) is 51.9 Å². The minimum absolute atomic E-state index is 0.0310. The van der Waals surface area contributed by atoms with E-state index in [1.54, 1.807) is 31.2 Å². The fourth-order valence-corrected chi connectivity index (χ4v) is 6.16. The molecular weight excluding hydrogens is 486 g/mol. The normalized spacial score (nSPS) is 17.1. The Bertz CT molecular complexity index is 1360. The minimum atomic E-state index is -3.92. The number of nitrogens with one attached hydrogen (secondary N) is 1. The number of sulfonamides is 1. The first-order valence-electron chi connectivity index (χ1n) is 11.4. The van der Waals surface area contributed by atoms with Gasteiger partial charge in [0.15, 0.2) is 10.7 Å². The number of anilines is 1. The SMILES string of the molecule is Cc1ccc(/C=C/c2onc(C)c2S(=O)(=O)N2CCCC(C(=O)Nc3ccc(C)cc3Cl)C2)cc1. The molecule has 0 bridgehead atoms. The molecule has 1 aromatic heterocycles. The molecule has 3 aromatic rings. The standard InChI is InChI=1S/C26H28ClN3O4S/c1-17-6-9-20(10-7-17)11-13-24-25(19(3)29-34-24)35(32,33)30-14-4-5-21(16-30)26(31)28-23-12-8-18(2)15-22(23)27/h6-13,15,21H,4-5,14,16H2,1-3H3,(H,28,31)/b13-11+. The second-order valence-corrected chi connectivity index (χ2v) is 11.2. The van der Waals surface area contributed by atoms with Crippen LogP contribution in [-0.4, -0.2) is 36.9 Å². The monoisotopic (exact) mass is 513 g/mol. The van der Waals surface area contributed by atoms with Crippen LogP contribution in [0.5, 0.6) is 0 Å². The van der Waals surface area contributed by atoms with Crippen molar-refractivity contribution < 1.29 is 17.7 Å². The van der Waals surface area contributed by atoms with Crippen LogP contribution in [0.25, 0.3) is 12.2 Å². The average molecular weight is 514 g/mol. The highest BCUT2D eigenvalue weighted by Crippen LogP contribution is 2.30. The van der Waals surface area contributed by atoms with E-state index >= 15 is 0 Å². The van der Waals surface area contributed by atoms with Crippen molar-refractivity contribution in [1.29, 1.82) is 0 Å². The van der Waals surface area contributed by atoms with Crippen LogP contribution in [0.1, 0.15) is 41.0 Å². The summed E-state index contributed by atoms with van der Waals surface area (Å²) < 4.78 is 33.9. The Morgan fingerprint density at radius 1 is 1.11 bits per heavy atom. The fraction of sp³-hybridized carbons (Fsp3) is 0.308. The quantitative estimate of drug-likeness (QED) is 0.472. The molecule has 4 rings (SSSR count). The van der Waals surface area contributed by atoms with Crippen molar-refractivity contribution in [2.24, 2.45) is 5.92 Å². The van der Waals surface area contributed by atoms with Gasteiger partial charge in [-0.2, -0.15) is 4.31 Å². The topological polar surface area (TPSA) is 92.5 Å². The number of halogens is 1. The molecule has 1 saturated heterocycles. The van der Waals surface area contributed by atoms with E-state index in [1.165, 1.54) is 4.31 Å². The Morgan fingerprint density at radius 3 is 2.54 bits per heavy atom. The Kier molecular flexibility index (Phi) is 7.44. The van der Waals surface area contributed by atoms with Crippen LogP contribution in [-0.2, 0) is 14.8 Å². The van der Waals surface area contributed by atoms with E-state index < -0.39 is 15.9 Å². The third kappa shape index (κ3) is 5.66. The van der Waals surface area contributed by atoms with E-state index in [2.05, 4.69) is 10.5 Å². The number of rotatable bonds is 6. The molecule has 1 N–H and O–H groups in total. The van der Waals surface area contributed by atoms with Crippen LogP contribution in [0, 0.1) is 26.7 Å². The predicted molar refractivity (Wildman–Crippen MR) is 138 cm³/mol. The van der Waals surface area contributed by atoms with Crippen LogP contribution >= 0.6 is 11.6 Å². The van der Waals surface area contributed by atoms with Gasteiger partial charge in [-0.3, -0.25) is 4.79 Å². The van der Waals surface area contributed by atoms with Gasteiger partial charge in [0.2, 0.25) is 15.9 Å². The molecule has 2 aromatic carbocycles. The lowest BCUT2D eigenvalue weighted by Crippen LogP contribution is -2.43. The summed E-state index contributed by atoms with van der Waals surface area (Å²) >= 11 is 6.25. The molecule has 35 heavy (non-hydrogen) atoms. The van der Waals surface area contributed by atoms with Gasteiger partial charge in [0.25, 0.3) is 0 Å². The van der Waals surface area contributed by atoms with E-state index in [0.717, 1.165) is 16.7 Å². The number of hydrogen-bond donors (Lipinski definition) is 1. The van der Waals surface area contributed by atoms with E-state index in [0.29, 0.717) is 30.1 Å². The molecule has 0 spiro atoms. The maximum atomic E-state index is 13.6. The third-order valence-electron chi connectivity index (χ3n) is 6.07. The van der Waals surface area contributed by atoms with E-state index in [1.807, 2.05) is 44.2 Å². The first-order valence-corrected chi connectivity index (χ1v) is 13.2. The Morgan fingerprint density at radius 2 is 1.83 bits per heavy atom. The molecule has 9 heteroatoms. The summed E-state index contributed by atoms with van der Waals surface area (Å²) in [6, 6.07) is 13.2. The highest BCUT2D eigenvalue weighted by Gasteiger charge is 2.37. The van der Waals surface area contributed by atoms with Gasteiger partial charge >= 0.3 is 0 Å². The number of carbonyl (C=O) groups excluding carboxylic acids is 1. The van der Waals surface area contributed by atoms with Crippen molar-refractivity contribution in [3.8, 4) is 0 Å². The summed E-state index contributed by atoms with van der Waals surface area (Å²) in [6.07, 6.45) is 4.56. The average Bonchev–Trinajstić information content (AvgIpc) is 3.21. The second kappa shape index (κ2) is 10.4. The molecule has 0 radical (unpaired) electrons. The van der Waals surface area contributed by atoms with Gasteiger partial charge in [-0.05, 0) is 62.9 Å².